The summed E-state index contributed by atoms with van der Waals surface area (Å²) >= 11 is 0. The third-order valence-electron chi connectivity index (χ3n) is 9.73. The van der Waals surface area contributed by atoms with E-state index in [2.05, 4.69) is 181 Å². The molecular weight excluding hydrogens is 542 g/mol. The first-order valence-electron chi connectivity index (χ1n) is 15.7. The number of aryl methyl sites for hydroxylation is 1. The van der Waals surface area contributed by atoms with Gasteiger partial charge in [-0.1, -0.05) is 157 Å². The Hall–Kier alpha value is -5.66. The summed E-state index contributed by atoms with van der Waals surface area (Å²) in [6, 6.07) is 62.6. The summed E-state index contributed by atoms with van der Waals surface area (Å²) in [6.07, 6.45) is 0. The van der Waals surface area contributed by atoms with Crippen LogP contribution in [0.5, 0.6) is 0 Å². The molecule has 45 heavy (non-hydrogen) atoms. The van der Waals surface area contributed by atoms with Gasteiger partial charge in [0, 0.05) is 16.3 Å². The molecule has 1 nitrogen and oxygen atoms in total. The lowest BCUT2D eigenvalue weighted by atomic mass is 9.68. The van der Waals surface area contributed by atoms with Crippen molar-refractivity contribution in [1.82, 2.24) is 4.57 Å². The molecule has 0 radical (unpaired) electrons. The molecule has 212 valence electrons. The summed E-state index contributed by atoms with van der Waals surface area (Å²) in [6.45, 7) is 2.16. The summed E-state index contributed by atoms with van der Waals surface area (Å²) in [4.78, 5) is 0. The molecule has 0 amide bonds. The van der Waals surface area contributed by atoms with Crippen LogP contribution in [-0.2, 0) is 5.41 Å². The van der Waals surface area contributed by atoms with Crippen molar-refractivity contribution in [2.75, 3.05) is 0 Å². The van der Waals surface area contributed by atoms with Gasteiger partial charge in [-0.2, -0.15) is 0 Å². The molecule has 1 heterocycles. The summed E-state index contributed by atoms with van der Waals surface area (Å²) in [5, 5.41) is 2.54. The van der Waals surface area contributed by atoms with E-state index in [1.807, 2.05) is 0 Å². The Morgan fingerprint density at radius 3 is 1.84 bits per heavy atom. The maximum Gasteiger partial charge on any atom is 0.0714 e. The van der Waals surface area contributed by atoms with Crippen LogP contribution in [0.3, 0.4) is 0 Å². The molecule has 0 bridgehead atoms. The van der Waals surface area contributed by atoms with Crippen molar-refractivity contribution in [3.63, 3.8) is 0 Å². The molecule has 1 aromatic heterocycles. The molecule has 7 aromatic carbocycles. The first-order chi connectivity index (χ1) is 22.2. The maximum atomic E-state index is 2.51. The molecule has 0 saturated heterocycles. The van der Waals surface area contributed by atoms with Crippen molar-refractivity contribution in [2.24, 2.45) is 0 Å². The van der Waals surface area contributed by atoms with Gasteiger partial charge in [-0.15, -0.1) is 0 Å². The van der Waals surface area contributed by atoms with Crippen molar-refractivity contribution in [2.45, 2.75) is 12.3 Å². The lowest BCUT2D eigenvalue weighted by Crippen LogP contribution is -2.28. The van der Waals surface area contributed by atoms with Crippen molar-refractivity contribution in [3.8, 4) is 27.9 Å². The quantitative estimate of drug-likeness (QED) is 0.197. The maximum absolute atomic E-state index is 2.51. The standard InChI is InChI=1S/C44H31N/c1-30-14-12-15-31(28-30)32-26-27-36-35-20-9-11-24-40(35)45(42(36)29-32)41-25-13-23-39-43(41)37-21-8-10-22-38(37)44(39,33-16-4-2-5-17-33)34-18-6-3-7-19-34/h2-29H,1H3. The molecule has 1 heteroatoms. The number of hydrogen-bond acceptors (Lipinski definition) is 0. The van der Waals surface area contributed by atoms with Gasteiger partial charge in [0.1, 0.15) is 0 Å². The van der Waals surface area contributed by atoms with E-state index in [1.165, 1.54) is 77.6 Å². The molecule has 0 unspecified atom stereocenters. The van der Waals surface area contributed by atoms with Gasteiger partial charge >= 0.3 is 0 Å². The Kier molecular flexibility index (Phi) is 5.70. The van der Waals surface area contributed by atoms with E-state index in [-0.39, 0.29) is 0 Å². The Labute approximate surface area is 263 Å². The minimum atomic E-state index is -0.435. The monoisotopic (exact) mass is 573 g/mol. The fourth-order valence-corrected chi connectivity index (χ4v) is 7.89. The van der Waals surface area contributed by atoms with E-state index in [1.54, 1.807) is 0 Å². The third-order valence-corrected chi connectivity index (χ3v) is 9.73. The van der Waals surface area contributed by atoms with E-state index in [0.29, 0.717) is 0 Å². The van der Waals surface area contributed by atoms with E-state index >= 15 is 0 Å². The van der Waals surface area contributed by atoms with Crippen LogP contribution in [-0.4, -0.2) is 4.57 Å². The summed E-state index contributed by atoms with van der Waals surface area (Å²) < 4.78 is 2.51. The fraction of sp³-hybridized carbons (Fsp3) is 0.0455. The fourth-order valence-electron chi connectivity index (χ4n) is 7.89. The van der Waals surface area contributed by atoms with Gasteiger partial charge in [-0.25, -0.2) is 0 Å². The molecule has 9 rings (SSSR count). The van der Waals surface area contributed by atoms with Crippen LogP contribution in [0.15, 0.2) is 170 Å². The molecule has 1 aliphatic carbocycles. The number of nitrogens with zero attached hydrogens (tertiary/aromatic N) is 1. The highest BCUT2D eigenvalue weighted by molar-refractivity contribution is 6.11. The Balaban J connectivity index is 1.41. The first kappa shape index (κ1) is 25.8. The van der Waals surface area contributed by atoms with Crippen LogP contribution in [0.25, 0.3) is 49.7 Å². The zero-order valence-corrected chi connectivity index (χ0v) is 25.1. The number of rotatable bonds is 4. The van der Waals surface area contributed by atoms with Crippen LogP contribution in [0.2, 0.25) is 0 Å². The molecule has 0 atom stereocenters. The van der Waals surface area contributed by atoms with Gasteiger partial charge in [-0.3, -0.25) is 0 Å². The van der Waals surface area contributed by atoms with Crippen LogP contribution in [0, 0.1) is 6.92 Å². The molecular formula is C44H31N. The van der Waals surface area contributed by atoms with Gasteiger partial charge in [0.15, 0.2) is 0 Å². The molecule has 8 aromatic rings. The second-order valence-electron chi connectivity index (χ2n) is 12.2. The summed E-state index contributed by atoms with van der Waals surface area (Å²) in [7, 11) is 0. The normalized spacial score (nSPS) is 13.2. The molecule has 0 aliphatic heterocycles. The van der Waals surface area contributed by atoms with E-state index in [9.17, 15) is 0 Å². The second kappa shape index (κ2) is 9.94. The van der Waals surface area contributed by atoms with Gasteiger partial charge < -0.3 is 4.57 Å². The summed E-state index contributed by atoms with van der Waals surface area (Å²) in [5.74, 6) is 0. The van der Waals surface area contributed by atoms with Gasteiger partial charge in [0.25, 0.3) is 0 Å². The largest absolute Gasteiger partial charge is 0.309 e. The Morgan fingerprint density at radius 2 is 1.07 bits per heavy atom. The predicted molar refractivity (Wildman–Crippen MR) is 188 cm³/mol. The zero-order valence-electron chi connectivity index (χ0n) is 25.1. The van der Waals surface area contributed by atoms with Crippen LogP contribution >= 0.6 is 0 Å². The molecule has 0 fully saturated rings. The van der Waals surface area contributed by atoms with E-state index in [4.69, 9.17) is 0 Å². The number of para-hydroxylation sites is 1. The highest BCUT2D eigenvalue weighted by Gasteiger charge is 2.47. The number of aromatic nitrogens is 1. The highest BCUT2D eigenvalue weighted by atomic mass is 15.0. The number of hydrogen-bond donors (Lipinski definition) is 0. The van der Waals surface area contributed by atoms with Gasteiger partial charge in [0.05, 0.1) is 22.1 Å². The van der Waals surface area contributed by atoms with Crippen molar-refractivity contribution >= 4 is 21.8 Å². The Bertz CT molecular complexity index is 2340. The minimum Gasteiger partial charge on any atom is -0.309 e. The smallest absolute Gasteiger partial charge is 0.0714 e. The average Bonchev–Trinajstić information content (AvgIpc) is 3.60. The molecule has 0 N–H and O–H groups in total. The second-order valence-corrected chi connectivity index (χ2v) is 12.2. The van der Waals surface area contributed by atoms with Crippen molar-refractivity contribution < 1.29 is 0 Å². The molecule has 0 spiro atoms. The molecule has 0 saturated carbocycles. The molecule has 1 aliphatic rings. The minimum absolute atomic E-state index is 0.435. The SMILES string of the molecule is Cc1cccc(-c2ccc3c4ccccc4n(-c4cccc5c4-c4ccccc4C5(c4ccccc4)c4ccccc4)c3c2)c1. The van der Waals surface area contributed by atoms with Crippen LogP contribution < -0.4 is 0 Å². The van der Waals surface area contributed by atoms with Gasteiger partial charge in [0.2, 0.25) is 0 Å². The first-order valence-corrected chi connectivity index (χ1v) is 15.7. The predicted octanol–water partition coefficient (Wildman–Crippen LogP) is 11.1. The topological polar surface area (TPSA) is 4.93 Å². The number of fused-ring (bicyclic) bond motifs is 6. The van der Waals surface area contributed by atoms with Crippen molar-refractivity contribution in [1.29, 1.82) is 0 Å². The zero-order chi connectivity index (χ0) is 30.0. The van der Waals surface area contributed by atoms with Crippen LogP contribution in [0.4, 0.5) is 0 Å². The summed E-state index contributed by atoms with van der Waals surface area (Å²) in [5.41, 5.74) is 14.7. The number of benzene rings is 7. The Morgan fingerprint density at radius 1 is 0.444 bits per heavy atom. The third kappa shape index (κ3) is 3.68. The van der Waals surface area contributed by atoms with Crippen LogP contribution in [0.1, 0.15) is 27.8 Å². The van der Waals surface area contributed by atoms with Gasteiger partial charge in [-0.05, 0) is 64.1 Å². The average molecular weight is 574 g/mol. The highest BCUT2D eigenvalue weighted by Crippen LogP contribution is 2.57. The lowest BCUT2D eigenvalue weighted by Gasteiger charge is -2.34. The van der Waals surface area contributed by atoms with Crippen molar-refractivity contribution in [3.05, 3.63) is 198 Å². The lowest BCUT2D eigenvalue weighted by molar-refractivity contribution is 0.768. The van der Waals surface area contributed by atoms with E-state index in [0.717, 1.165) is 0 Å². The van der Waals surface area contributed by atoms with E-state index < -0.39 is 5.41 Å².